The van der Waals surface area contributed by atoms with Gasteiger partial charge in [0.2, 0.25) is 5.91 Å². The van der Waals surface area contributed by atoms with E-state index in [0.717, 1.165) is 51.4 Å². The average molecular weight is 1190 g/mol. The van der Waals surface area contributed by atoms with Crippen molar-refractivity contribution in [1.29, 1.82) is 0 Å². The Hall–Kier alpha value is -2.18. The van der Waals surface area contributed by atoms with Crippen LogP contribution in [0.4, 0.5) is 0 Å². The molecule has 0 rings (SSSR count). The van der Waals surface area contributed by atoms with E-state index in [9.17, 15) is 19.8 Å². The first-order valence-electron chi connectivity index (χ1n) is 38.4. The van der Waals surface area contributed by atoms with Gasteiger partial charge in [-0.25, -0.2) is 0 Å². The molecule has 0 spiro atoms. The van der Waals surface area contributed by atoms with Gasteiger partial charge in [-0.05, 0) is 89.9 Å². The Morgan fingerprint density at radius 3 is 0.906 bits per heavy atom. The van der Waals surface area contributed by atoms with E-state index in [1.807, 2.05) is 6.08 Å². The van der Waals surface area contributed by atoms with Crippen molar-refractivity contribution < 1.29 is 24.5 Å². The summed E-state index contributed by atoms with van der Waals surface area (Å²) in [5.74, 6) is -0.0521. The third kappa shape index (κ3) is 70.8. The van der Waals surface area contributed by atoms with Crippen LogP contribution in [0.15, 0.2) is 48.6 Å². The van der Waals surface area contributed by atoms with Crippen molar-refractivity contribution in [3.05, 3.63) is 48.6 Å². The van der Waals surface area contributed by atoms with Crippen molar-refractivity contribution >= 4 is 11.9 Å². The first-order valence-corrected chi connectivity index (χ1v) is 38.4. The van der Waals surface area contributed by atoms with Crippen LogP contribution in [0, 0.1) is 0 Å². The van der Waals surface area contributed by atoms with Crippen LogP contribution >= 0.6 is 0 Å². The molecule has 0 aromatic heterocycles. The number of rotatable bonds is 72. The van der Waals surface area contributed by atoms with E-state index in [-0.39, 0.29) is 18.5 Å². The van der Waals surface area contributed by atoms with E-state index in [0.29, 0.717) is 19.4 Å². The molecule has 6 nitrogen and oxygen atoms in total. The predicted molar refractivity (Wildman–Crippen MR) is 375 cm³/mol. The number of allylic oxidation sites excluding steroid dienone is 7. The second-order valence-corrected chi connectivity index (χ2v) is 26.3. The third-order valence-corrected chi connectivity index (χ3v) is 17.8. The largest absolute Gasteiger partial charge is 0.466 e. The van der Waals surface area contributed by atoms with Crippen molar-refractivity contribution in [3.8, 4) is 0 Å². The Balaban J connectivity index is 3.38. The maximum atomic E-state index is 12.5. The predicted octanol–water partition coefficient (Wildman–Crippen LogP) is 25.2. The van der Waals surface area contributed by atoms with Crippen LogP contribution in [0.3, 0.4) is 0 Å². The highest BCUT2D eigenvalue weighted by Crippen LogP contribution is 2.19. The van der Waals surface area contributed by atoms with Gasteiger partial charge in [-0.2, -0.15) is 0 Å². The maximum Gasteiger partial charge on any atom is 0.305 e. The molecule has 0 aromatic rings. The molecule has 0 bridgehead atoms. The quantitative estimate of drug-likeness (QED) is 0.0320. The van der Waals surface area contributed by atoms with Crippen LogP contribution in [0.2, 0.25) is 0 Å². The molecular weight excluding hydrogens is 1040 g/mol. The van der Waals surface area contributed by atoms with Crippen LogP contribution in [-0.2, 0) is 14.3 Å². The molecule has 0 fully saturated rings. The normalized spacial score (nSPS) is 12.8. The molecule has 0 aromatic carbocycles. The van der Waals surface area contributed by atoms with Crippen LogP contribution in [0.5, 0.6) is 0 Å². The number of aliphatic hydroxyl groups excluding tert-OH is 2. The van der Waals surface area contributed by atoms with E-state index in [2.05, 4.69) is 55.6 Å². The summed E-state index contributed by atoms with van der Waals surface area (Å²) in [5, 5.41) is 23.2. The van der Waals surface area contributed by atoms with Crippen molar-refractivity contribution in [2.75, 3.05) is 13.2 Å². The lowest BCUT2D eigenvalue weighted by Crippen LogP contribution is -2.45. The molecule has 0 aliphatic rings. The van der Waals surface area contributed by atoms with Crippen LogP contribution in [0.1, 0.15) is 418 Å². The number of carbonyl (C=O) groups excluding carboxylic acids is 2. The number of amides is 1. The number of ether oxygens (including phenoxy) is 1. The Morgan fingerprint density at radius 1 is 0.329 bits per heavy atom. The summed E-state index contributed by atoms with van der Waals surface area (Å²) in [6.45, 7) is 4.93. The second kappa shape index (κ2) is 74.3. The Morgan fingerprint density at radius 2 is 0.588 bits per heavy atom. The zero-order valence-electron chi connectivity index (χ0n) is 57.4. The van der Waals surface area contributed by atoms with Crippen LogP contribution < -0.4 is 5.32 Å². The molecule has 0 aliphatic heterocycles. The number of unbranched alkanes of at least 4 members (excludes halogenated alkanes) is 55. The summed E-state index contributed by atoms with van der Waals surface area (Å²) >= 11 is 0. The highest BCUT2D eigenvalue weighted by atomic mass is 16.5. The summed E-state index contributed by atoms with van der Waals surface area (Å²) in [5.41, 5.74) is 0. The highest BCUT2D eigenvalue weighted by Gasteiger charge is 2.18. The van der Waals surface area contributed by atoms with E-state index < -0.39 is 12.1 Å². The fraction of sp³-hybridized carbons (Fsp3) is 0.873. The first kappa shape index (κ1) is 82.8. The minimum atomic E-state index is -0.843. The van der Waals surface area contributed by atoms with Gasteiger partial charge in [0.05, 0.1) is 25.4 Å². The maximum absolute atomic E-state index is 12.5. The fourth-order valence-corrected chi connectivity index (χ4v) is 12.0. The Bertz CT molecular complexity index is 1420. The van der Waals surface area contributed by atoms with Crippen molar-refractivity contribution in [1.82, 2.24) is 5.32 Å². The number of hydrogen-bond donors (Lipinski definition) is 3. The lowest BCUT2D eigenvalue weighted by molar-refractivity contribution is -0.143. The standard InChI is InChI=1S/C79H149NO5/c1-3-5-7-9-11-13-15-17-19-41-44-47-51-55-59-63-67-71-77(82)76(75-81)80-78(83)72-68-64-60-56-52-48-45-42-39-37-35-33-31-29-27-25-23-21-20-22-24-26-28-30-32-34-36-38-40-43-46-50-54-58-62-66-70-74-85-79(84)73-69-65-61-57-53-49-18-16-14-12-10-8-6-4-2/h16,18,20,22,26,28,67,71,76-77,81-82H,3-15,17,19,21,23-25,27,29-66,68-70,72-75H2,1-2H3,(H,80,83)/b18-16-,22-20-,28-26-,71-67+. The van der Waals surface area contributed by atoms with Gasteiger partial charge in [0.15, 0.2) is 0 Å². The number of hydrogen-bond acceptors (Lipinski definition) is 5. The van der Waals surface area contributed by atoms with Crippen LogP contribution in [0.25, 0.3) is 0 Å². The third-order valence-electron chi connectivity index (χ3n) is 17.8. The molecule has 0 saturated heterocycles. The van der Waals surface area contributed by atoms with E-state index in [1.54, 1.807) is 6.08 Å². The SMILES string of the molecule is CCCCCCC/C=C\CCCCCCCC(=O)OCCCCCCCCCCCCCCC/C=C\C/C=C\CCCCCCCCCCCCCCCCCCCC(=O)NC(CO)C(O)/C=C/CCCCCCCCCCCCCCCCC. The number of carbonyl (C=O) groups is 2. The van der Waals surface area contributed by atoms with Gasteiger partial charge in [-0.3, -0.25) is 9.59 Å². The summed E-state index contributed by atoms with van der Waals surface area (Å²) in [6.07, 6.45) is 98.0. The van der Waals surface area contributed by atoms with Crippen molar-refractivity contribution in [3.63, 3.8) is 0 Å². The van der Waals surface area contributed by atoms with Gasteiger partial charge in [0, 0.05) is 12.8 Å². The summed E-state index contributed by atoms with van der Waals surface area (Å²) in [4.78, 5) is 24.6. The minimum absolute atomic E-state index is 0.0103. The molecule has 0 aliphatic carbocycles. The van der Waals surface area contributed by atoms with Gasteiger partial charge in [-0.15, -0.1) is 0 Å². The van der Waals surface area contributed by atoms with Crippen molar-refractivity contribution in [2.45, 2.75) is 431 Å². The van der Waals surface area contributed by atoms with Gasteiger partial charge in [-0.1, -0.05) is 364 Å². The number of aliphatic hydroxyl groups is 2. The molecule has 0 radical (unpaired) electrons. The molecule has 1 amide bonds. The lowest BCUT2D eigenvalue weighted by atomic mass is 10.0. The summed E-state index contributed by atoms with van der Waals surface area (Å²) < 4.78 is 5.49. The minimum Gasteiger partial charge on any atom is -0.466 e. The van der Waals surface area contributed by atoms with Gasteiger partial charge >= 0.3 is 5.97 Å². The topological polar surface area (TPSA) is 95.9 Å². The number of nitrogens with one attached hydrogen (secondary N) is 1. The van der Waals surface area contributed by atoms with E-state index >= 15 is 0 Å². The van der Waals surface area contributed by atoms with Crippen LogP contribution in [-0.4, -0.2) is 47.4 Å². The molecule has 6 heteroatoms. The van der Waals surface area contributed by atoms with Gasteiger partial charge < -0.3 is 20.3 Å². The molecule has 2 atom stereocenters. The highest BCUT2D eigenvalue weighted by molar-refractivity contribution is 5.76. The molecule has 3 N–H and O–H groups in total. The van der Waals surface area contributed by atoms with E-state index in [4.69, 9.17) is 4.74 Å². The van der Waals surface area contributed by atoms with Gasteiger partial charge in [0.25, 0.3) is 0 Å². The average Bonchev–Trinajstić information content (AvgIpc) is 3.50. The smallest absolute Gasteiger partial charge is 0.305 e. The molecule has 500 valence electrons. The zero-order chi connectivity index (χ0) is 61.3. The molecule has 0 heterocycles. The summed E-state index contributed by atoms with van der Waals surface area (Å²) in [6, 6.07) is -0.627. The second-order valence-electron chi connectivity index (χ2n) is 26.3. The lowest BCUT2D eigenvalue weighted by Gasteiger charge is -2.20. The Kier molecular flexibility index (Phi) is 72.4. The van der Waals surface area contributed by atoms with E-state index in [1.165, 1.54) is 340 Å². The number of esters is 1. The summed E-state index contributed by atoms with van der Waals surface area (Å²) in [7, 11) is 0. The van der Waals surface area contributed by atoms with Crippen molar-refractivity contribution in [2.24, 2.45) is 0 Å². The Labute approximate surface area is 531 Å². The fourth-order valence-electron chi connectivity index (χ4n) is 12.0. The zero-order valence-corrected chi connectivity index (χ0v) is 57.4. The van der Waals surface area contributed by atoms with Gasteiger partial charge in [0.1, 0.15) is 0 Å². The molecule has 85 heavy (non-hydrogen) atoms. The molecule has 0 saturated carbocycles. The first-order chi connectivity index (χ1) is 42.0. The molecule has 2 unspecified atom stereocenters. The monoisotopic (exact) mass is 1190 g/mol. The molecular formula is C79H149NO5.